The molecule has 1 aliphatic heterocycles. The second kappa shape index (κ2) is 9.55. The van der Waals surface area contributed by atoms with Crippen molar-refractivity contribution in [2.24, 2.45) is 0 Å². The number of nitrogens with zero attached hydrogens (tertiary/aromatic N) is 1. The van der Waals surface area contributed by atoms with E-state index in [0.717, 1.165) is 4.90 Å². The lowest BCUT2D eigenvalue weighted by Crippen LogP contribution is -2.43. The molecule has 2 atom stereocenters. The van der Waals surface area contributed by atoms with Gasteiger partial charge in [0.1, 0.15) is 11.6 Å². The topological polar surface area (TPSA) is 105 Å². The fourth-order valence-electron chi connectivity index (χ4n) is 5.17. The van der Waals surface area contributed by atoms with Crippen LogP contribution in [0.3, 0.4) is 0 Å². The molecule has 3 aromatic rings. The summed E-state index contributed by atoms with van der Waals surface area (Å²) in [5, 5.41) is 12.2. The van der Waals surface area contributed by atoms with E-state index >= 15 is 0 Å². The van der Waals surface area contributed by atoms with Gasteiger partial charge in [0.15, 0.2) is 0 Å². The number of alkyl halides is 3. The maximum atomic E-state index is 13.8. The van der Waals surface area contributed by atoms with Crippen molar-refractivity contribution in [1.29, 1.82) is 0 Å². The second-order valence-corrected chi connectivity index (χ2v) is 9.29. The van der Waals surface area contributed by atoms with Crippen LogP contribution in [-0.4, -0.2) is 29.8 Å². The molecule has 1 amide bonds. The molecule has 7 nitrogen and oxygen atoms in total. The Hall–Kier alpha value is -4.28. The van der Waals surface area contributed by atoms with Gasteiger partial charge in [-0.3, -0.25) is 14.5 Å². The van der Waals surface area contributed by atoms with Gasteiger partial charge in [-0.15, -0.1) is 0 Å². The third-order valence-electron chi connectivity index (χ3n) is 6.87. The summed E-state index contributed by atoms with van der Waals surface area (Å²) in [7, 11) is 0. The number of hydrogen-bond acceptors (Lipinski definition) is 5. The third kappa shape index (κ3) is 4.71. The monoisotopic (exact) mass is 529 g/mol. The van der Waals surface area contributed by atoms with Crippen LogP contribution < -0.4 is 20.7 Å². The van der Waals surface area contributed by atoms with E-state index in [2.05, 4.69) is 5.32 Å². The molecular weight excluding hydrogens is 506 g/mol. The fourth-order valence-corrected chi connectivity index (χ4v) is 5.17. The molecule has 0 spiro atoms. The number of carbonyl (C=O) groups is 2. The van der Waals surface area contributed by atoms with E-state index in [1.54, 1.807) is 18.2 Å². The summed E-state index contributed by atoms with van der Waals surface area (Å²) < 4.78 is 60.7. The Morgan fingerprint density at radius 3 is 2.61 bits per heavy atom. The van der Waals surface area contributed by atoms with Crippen molar-refractivity contribution in [3.05, 3.63) is 77.1 Å². The van der Waals surface area contributed by atoms with Crippen LogP contribution in [0.15, 0.2) is 54.6 Å². The van der Waals surface area contributed by atoms with Crippen LogP contribution in [-0.2, 0) is 16.0 Å². The zero-order valence-electron chi connectivity index (χ0n) is 19.9. The zero-order chi connectivity index (χ0) is 27.2. The Morgan fingerprint density at radius 1 is 1.08 bits per heavy atom. The molecule has 1 aliphatic carbocycles. The van der Waals surface area contributed by atoms with E-state index in [1.165, 1.54) is 36.4 Å². The molecule has 0 saturated heterocycles. The van der Waals surface area contributed by atoms with Gasteiger partial charge < -0.3 is 20.9 Å². The number of ether oxygens (including phenoxy) is 1. The molecule has 0 bridgehead atoms. The first-order valence-electron chi connectivity index (χ1n) is 11.9. The van der Waals surface area contributed by atoms with Crippen molar-refractivity contribution in [1.82, 2.24) is 0 Å². The number of carboxylic acids is 1. The number of hydrogen-bond donors (Lipinski definition) is 3. The summed E-state index contributed by atoms with van der Waals surface area (Å²) >= 11 is 0. The van der Waals surface area contributed by atoms with Crippen molar-refractivity contribution in [2.75, 3.05) is 22.6 Å². The molecule has 3 aromatic carbocycles. The van der Waals surface area contributed by atoms with Crippen LogP contribution in [0.5, 0.6) is 5.75 Å². The largest absolute Gasteiger partial charge is 0.493 e. The molecule has 198 valence electrons. The Bertz CT molecular complexity index is 1430. The highest BCUT2D eigenvalue weighted by Gasteiger charge is 2.47. The van der Waals surface area contributed by atoms with Gasteiger partial charge >= 0.3 is 18.1 Å². The van der Waals surface area contributed by atoms with Crippen LogP contribution >= 0.6 is 0 Å². The highest BCUT2D eigenvalue weighted by atomic mass is 19.4. The minimum atomic E-state index is -5.14. The average Bonchev–Trinajstić information content (AvgIpc) is 3.46. The number of nitrogens with one attached hydrogen (secondary N) is 1. The fraction of sp³-hybridized carbons (Fsp3) is 0.259. The average molecular weight is 529 g/mol. The maximum Gasteiger partial charge on any atom is 0.471 e. The molecule has 0 fully saturated rings. The minimum absolute atomic E-state index is 0.00682. The quantitative estimate of drug-likeness (QED) is 0.280. The third-order valence-corrected chi connectivity index (χ3v) is 6.87. The smallest absolute Gasteiger partial charge is 0.471 e. The van der Waals surface area contributed by atoms with Crippen molar-refractivity contribution >= 4 is 34.6 Å². The lowest BCUT2D eigenvalue weighted by atomic mass is 9.97. The first kappa shape index (κ1) is 25.4. The molecule has 2 aliphatic rings. The van der Waals surface area contributed by atoms with E-state index in [-0.39, 0.29) is 30.9 Å². The molecule has 1 heterocycles. The van der Waals surface area contributed by atoms with Crippen LogP contribution in [0, 0.1) is 5.82 Å². The number of rotatable bonds is 6. The lowest BCUT2D eigenvalue weighted by molar-refractivity contribution is -0.171. The van der Waals surface area contributed by atoms with Gasteiger partial charge in [0, 0.05) is 28.9 Å². The number of carbonyl (C=O) groups excluding carboxylic acids is 1. The summed E-state index contributed by atoms with van der Waals surface area (Å²) in [5.74, 6) is -3.72. The molecular formula is C27H23F4N3O4. The Labute approximate surface area is 214 Å². The van der Waals surface area contributed by atoms with E-state index in [0.29, 0.717) is 40.2 Å². The predicted molar refractivity (Wildman–Crippen MR) is 132 cm³/mol. The van der Waals surface area contributed by atoms with Gasteiger partial charge in [-0.25, -0.2) is 4.39 Å². The number of fused-ring (bicyclic) bond motifs is 2. The van der Waals surface area contributed by atoms with Gasteiger partial charge in [0.2, 0.25) is 0 Å². The molecule has 5 rings (SSSR count). The summed E-state index contributed by atoms with van der Waals surface area (Å²) in [4.78, 5) is 24.6. The minimum Gasteiger partial charge on any atom is -0.493 e. The van der Waals surface area contributed by atoms with Crippen molar-refractivity contribution in [3.63, 3.8) is 0 Å². The van der Waals surface area contributed by atoms with Gasteiger partial charge in [0.05, 0.1) is 30.4 Å². The van der Waals surface area contributed by atoms with Gasteiger partial charge in [-0.05, 0) is 54.3 Å². The number of halogens is 4. The van der Waals surface area contributed by atoms with Crippen LogP contribution in [0.25, 0.3) is 0 Å². The summed E-state index contributed by atoms with van der Waals surface area (Å²) in [6, 6.07) is 12.2. The van der Waals surface area contributed by atoms with Gasteiger partial charge in [0.25, 0.3) is 0 Å². The van der Waals surface area contributed by atoms with Crippen LogP contribution in [0.2, 0.25) is 0 Å². The number of nitrogen functional groups attached to an aromatic ring is 1. The first-order valence-corrected chi connectivity index (χ1v) is 11.9. The standard InChI is InChI=1S/C27H23F4N3O4/c28-15-4-8-20(32)22(11-15)33-21-3-1-2-19-18(21)7-9-23(19)34(26(37)27(29,30)31)16-5-6-17-14(10-25(35)36)13-38-24(17)12-16/h1-6,8,11-12,14,23,33H,7,9-10,13,32H2,(H,35,36)/t14-,23?/m1/s1. The summed E-state index contributed by atoms with van der Waals surface area (Å²) in [5.41, 5.74) is 8.90. The highest BCUT2D eigenvalue weighted by molar-refractivity contribution is 5.98. The number of benzene rings is 3. The van der Waals surface area contributed by atoms with Crippen molar-refractivity contribution < 1.29 is 37.0 Å². The number of carboxylic acid groups (broad SMARTS) is 1. The predicted octanol–water partition coefficient (Wildman–Crippen LogP) is 5.69. The first-order chi connectivity index (χ1) is 18.0. The molecule has 11 heteroatoms. The molecule has 1 unspecified atom stereocenters. The second-order valence-electron chi connectivity index (χ2n) is 9.29. The van der Waals surface area contributed by atoms with Crippen molar-refractivity contribution in [3.8, 4) is 5.75 Å². The number of aliphatic carboxylic acids is 1. The normalized spacial score (nSPS) is 17.9. The van der Waals surface area contributed by atoms with E-state index < -0.39 is 35.8 Å². The van der Waals surface area contributed by atoms with Gasteiger partial charge in [-0.1, -0.05) is 18.2 Å². The number of anilines is 4. The van der Waals surface area contributed by atoms with Crippen LogP contribution in [0.1, 0.15) is 41.5 Å². The van der Waals surface area contributed by atoms with E-state index in [4.69, 9.17) is 15.6 Å². The Morgan fingerprint density at radius 2 is 1.87 bits per heavy atom. The maximum absolute atomic E-state index is 13.8. The highest BCUT2D eigenvalue weighted by Crippen LogP contribution is 2.46. The number of amides is 1. The SMILES string of the molecule is Nc1ccc(F)cc1Nc1cccc2c1CCC2N(C(=O)C(F)(F)F)c1ccc2c(c1)OC[C@H]2CC(=O)O. The number of nitrogens with two attached hydrogens (primary N) is 1. The zero-order valence-corrected chi connectivity index (χ0v) is 19.9. The van der Waals surface area contributed by atoms with Crippen LogP contribution in [0.4, 0.5) is 40.3 Å². The molecule has 0 saturated carbocycles. The van der Waals surface area contributed by atoms with E-state index in [9.17, 15) is 27.2 Å². The Balaban J connectivity index is 1.52. The van der Waals surface area contributed by atoms with E-state index in [1.807, 2.05) is 0 Å². The molecule has 0 radical (unpaired) electrons. The van der Waals surface area contributed by atoms with Gasteiger partial charge in [-0.2, -0.15) is 13.2 Å². The molecule has 38 heavy (non-hydrogen) atoms. The molecule has 4 N–H and O–H groups in total. The Kier molecular flexibility index (Phi) is 6.38. The molecule has 0 aromatic heterocycles. The summed E-state index contributed by atoms with van der Waals surface area (Å²) in [6.45, 7) is 0.0861. The van der Waals surface area contributed by atoms with Crippen molar-refractivity contribution in [2.45, 2.75) is 37.4 Å². The summed E-state index contributed by atoms with van der Waals surface area (Å²) in [6.07, 6.45) is -4.74. The lowest BCUT2D eigenvalue weighted by Gasteiger charge is -2.31.